The van der Waals surface area contributed by atoms with E-state index in [0.717, 1.165) is 5.56 Å². The highest BCUT2D eigenvalue weighted by molar-refractivity contribution is 6.30. The molecule has 0 aliphatic heterocycles. The Bertz CT molecular complexity index is 292. The Kier molecular flexibility index (Phi) is 2.65. The second-order valence-corrected chi connectivity index (χ2v) is 2.83. The Labute approximate surface area is 75.0 Å². The monoisotopic (exact) mass is 185 g/mol. The van der Waals surface area contributed by atoms with Gasteiger partial charge in [0.1, 0.15) is 5.15 Å². The summed E-state index contributed by atoms with van der Waals surface area (Å²) in [6, 6.07) is 1.74. The number of aromatic nitrogens is 1. The van der Waals surface area contributed by atoms with E-state index >= 15 is 0 Å². The van der Waals surface area contributed by atoms with Crippen molar-refractivity contribution in [2.45, 2.75) is 13.3 Å². The zero-order valence-electron chi connectivity index (χ0n) is 6.54. The number of rotatable bonds is 2. The van der Waals surface area contributed by atoms with Gasteiger partial charge >= 0.3 is 5.97 Å². The third-order valence-electron chi connectivity index (χ3n) is 1.57. The van der Waals surface area contributed by atoms with Crippen LogP contribution in [-0.2, 0) is 11.2 Å². The molecule has 0 aliphatic rings. The third kappa shape index (κ3) is 1.95. The summed E-state index contributed by atoms with van der Waals surface area (Å²) in [6.45, 7) is 1.81. The lowest BCUT2D eigenvalue weighted by molar-refractivity contribution is -0.136. The van der Waals surface area contributed by atoms with E-state index < -0.39 is 5.97 Å². The van der Waals surface area contributed by atoms with E-state index in [1.54, 1.807) is 12.3 Å². The van der Waals surface area contributed by atoms with E-state index in [1.807, 2.05) is 6.92 Å². The fourth-order valence-electron chi connectivity index (χ4n) is 0.919. The van der Waals surface area contributed by atoms with Crippen molar-refractivity contribution in [3.8, 4) is 0 Å². The fourth-order valence-corrected chi connectivity index (χ4v) is 1.19. The first-order valence-corrected chi connectivity index (χ1v) is 3.81. The SMILES string of the molecule is Cc1ccnc(Cl)c1CC(=O)O. The standard InChI is InChI=1S/C8H8ClNO2/c1-5-2-3-10-8(9)6(5)4-7(11)12/h2-3H,4H2,1H3,(H,11,12). The van der Waals surface area contributed by atoms with Crippen molar-refractivity contribution in [2.75, 3.05) is 0 Å². The van der Waals surface area contributed by atoms with Crippen LogP contribution >= 0.6 is 11.6 Å². The predicted octanol–water partition coefficient (Wildman–Crippen LogP) is 1.67. The average Bonchev–Trinajstić information content (AvgIpc) is 1.97. The molecule has 0 aromatic carbocycles. The fraction of sp³-hybridized carbons (Fsp3) is 0.250. The second-order valence-electron chi connectivity index (χ2n) is 2.47. The van der Waals surface area contributed by atoms with E-state index in [9.17, 15) is 4.79 Å². The molecule has 0 saturated carbocycles. The normalized spacial score (nSPS) is 9.83. The molecule has 3 nitrogen and oxygen atoms in total. The molecule has 1 heterocycles. The van der Waals surface area contributed by atoms with E-state index in [0.29, 0.717) is 5.56 Å². The number of nitrogens with zero attached hydrogens (tertiary/aromatic N) is 1. The highest BCUT2D eigenvalue weighted by Gasteiger charge is 2.08. The Balaban J connectivity index is 3.04. The van der Waals surface area contributed by atoms with Crippen molar-refractivity contribution in [3.63, 3.8) is 0 Å². The van der Waals surface area contributed by atoms with Gasteiger partial charge in [0.2, 0.25) is 0 Å². The van der Waals surface area contributed by atoms with E-state index in [4.69, 9.17) is 16.7 Å². The van der Waals surface area contributed by atoms with Gasteiger partial charge in [-0.25, -0.2) is 4.98 Å². The van der Waals surface area contributed by atoms with Gasteiger partial charge in [0, 0.05) is 11.8 Å². The predicted molar refractivity (Wildman–Crippen MR) is 45.3 cm³/mol. The molecule has 0 spiro atoms. The van der Waals surface area contributed by atoms with Crippen LogP contribution in [0, 0.1) is 6.92 Å². The van der Waals surface area contributed by atoms with Crippen LogP contribution in [-0.4, -0.2) is 16.1 Å². The summed E-state index contributed by atoms with van der Waals surface area (Å²) in [4.78, 5) is 14.2. The Hall–Kier alpha value is -1.09. The summed E-state index contributed by atoms with van der Waals surface area (Å²) in [5.41, 5.74) is 1.45. The molecule has 12 heavy (non-hydrogen) atoms. The zero-order chi connectivity index (χ0) is 9.14. The summed E-state index contributed by atoms with van der Waals surface area (Å²) in [5.74, 6) is -0.895. The average molecular weight is 186 g/mol. The number of pyridine rings is 1. The molecule has 0 radical (unpaired) electrons. The van der Waals surface area contributed by atoms with Crippen LogP contribution in [0.2, 0.25) is 5.15 Å². The van der Waals surface area contributed by atoms with E-state index in [-0.39, 0.29) is 11.6 Å². The number of hydrogen-bond donors (Lipinski definition) is 1. The maximum Gasteiger partial charge on any atom is 0.307 e. The lowest BCUT2D eigenvalue weighted by Crippen LogP contribution is -2.03. The van der Waals surface area contributed by atoms with Crippen molar-refractivity contribution >= 4 is 17.6 Å². The summed E-state index contributed by atoms with van der Waals surface area (Å²) >= 11 is 5.70. The maximum absolute atomic E-state index is 10.4. The van der Waals surface area contributed by atoms with E-state index in [1.165, 1.54) is 0 Å². The highest BCUT2D eigenvalue weighted by Crippen LogP contribution is 2.16. The molecule has 0 aliphatic carbocycles. The number of hydrogen-bond acceptors (Lipinski definition) is 2. The van der Waals surface area contributed by atoms with Gasteiger partial charge in [-0.3, -0.25) is 4.79 Å². The molecule has 0 bridgehead atoms. The molecule has 0 fully saturated rings. The molecule has 0 atom stereocenters. The topological polar surface area (TPSA) is 50.2 Å². The van der Waals surface area contributed by atoms with Crippen LogP contribution in [0.1, 0.15) is 11.1 Å². The molecule has 1 aromatic heterocycles. The van der Waals surface area contributed by atoms with Gasteiger partial charge in [-0.05, 0) is 18.6 Å². The Morgan fingerprint density at radius 2 is 2.42 bits per heavy atom. The molecule has 1 N–H and O–H groups in total. The minimum Gasteiger partial charge on any atom is -0.481 e. The lowest BCUT2D eigenvalue weighted by Gasteiger charge is -2.02. The number of aryl methyl sites for hydroxylation is 1. The van der Waals surface area contributed by atoms with Crippen LogP contribution in [0.4, 0.5) is 0 Å². The molecular weight excluding hydrogens is 178 g/mol. The number of aliphatic carboxylic acids is 1. The number of carboxylic acid groups (broad SMARTS) is 1. The maximum atomic E-state index is 10.4. The van der Waals surface area contributed by atoms with Crippen molar-refractivity contribution < 1.29 is 9.90 Å². The van der Waals surface area contributed by atoms with Crippen LogP contribution in [0.5, 0.6) is 0 Å². The molecule has 1 rings (SSSR count). The first kappa shape index (κ1) is 9.00. The molecule has 0 unspecified atom stereocenters. The quantitative estimate of drug-likeness (QED) is 0.714. The Morgan fingerprint density at radius 1 is 1.75 bits per heavy atom. The minimum atomic E-state index is -0.895. The van der Waals surface area contributed by atoms with Gasteiger partial charge in [0.15, 0.2) is 0 Å². The van der Waals surface area contributed by atoms with Gasteiger partial charge < -0.3 is 5.11 Å². The first-order chi connectivity index (χ1) is 5.61. The van der Waals surface area contributed by atoms with Crippen LogP contribution in [0.15, 0.2) is 12.3 Å². The molecular formula is C8H8ClNO2. The number of carboxylic acids is 1. The van der Waals surface area contributed by atoms with E-state index in [2.05, 4.69) is 4.98 Å². The molecule has 0 saturated heterocycles. The van der Waals surface area contributed by atoms with Crippen LogP contribution in [0.25, 0.3) is 0 Å². The number of carbonyl (C=O) groups is 1. The van der Waals surface area contributed by atoms with Crippen molar-refractivity contribution in [2.24, 2.45) is 0 Å². The Morgan fingerprint density at radius 3 is 2.92 bits per heavy atom. The third-order valence-corrected chi connectivity index (χ3v) is 1.89. The summed E-state index contributed by atoms with van der Waals surface area (Å²) in [7, 11) is 0. The van der Waals surface area contributed by atoms with Gasteiger partial charge in [0.05, 0.1) is 6.42 Å². The summed E-state index contributed by atoms with van der Waals surface area (Å²) < 4.78 is 0. The van der Waals surface area contributed by atoms with Crippen molar-refractivity contribution in [1.82, 2.24) is 4.98 Å². The summed E-state index contributed by atoms with van der Waals surface area (Å²) in [6.07, 6.45) is 1.49. The lowest BCUT2D eigenvalue weighted by atomic mass is 10.1. The number of halogens is 1. The largest absolute Gasteiger partial charge is 0.481 e. The molecule has 1 aromatic rings. The van der Waals surface area contributed by atoms with Gasteiger partial charge in [-0.1, -0.05) is 11.6 Å². The van der Waals surface area contributed by atoms with Gasteiger partial charge in [-0.2, -0.15) is 0 Å². The molecule has 64 valence electrons. The van der Waals surface area contributed by atoms with Gasteiger partial charge in [-0.15, -0.1) is 0 Å². The second kappa shape index (κ2) is 3.54. The zero-order valence-corrected chi connectivity index (χ0v) is 7.30. The van der Waals surface area contributed by atoms with Crippen LogP contribution in [0.3, 0.4) is 0 Å². The van der Waals surface area contributed by atoms with Crippen molar-refractivity contribution in [3.05, 3.63) is 28.5 Å². The van der Waals surface area contributed by atoms with Gasteiger partial charge in [0.25, 0.3) is 0 Å². The molecule has 0 amide bonds. The highest BCUT2D eigenvalue weighted by atomic mass is 35.5. The molecule has 4 heteroatoms. The minimum absolute atomic E-state index is 0.0709. The summed E-state index contributed by atoms with van der Waals surface area (Å²) in [5, 5.41) is 8.80. The van der Waals surface area contributed by atoms with Crippen LogP contribution < -0.4 is 0 Å². The first-order valence-electron chi connectivity index (χ1n) is 3.43. The smallest absolute Gasteiger partial charge is 0.307 e. The van der Waals surface area contributed by atoms with Crippen molar-refractivity contribution in [1.29, 1.82) is 0 Å².